The number of rotatable bonds is 8. The molecular formula is C28H22N4O4. The zero-order valence-electron chi connectivity index (χ0n) is 19.1. The minimum atomic E-state index is -0.522. The van der Waals surface area contributed by atoms with E-state index in [-0.39, 0.29) is 29.4 Å². The maximum absolute atomic E-state index is 12.4. The molecule has 4 aromatic rings. The van der Waals surface area contributed by atoms with Crippen LogP contribution in [0.15, 0.2) is 90.0 Å². The molecule has 0 fully saturated rings. The number of nitrogens with zero attached hydrogens (tertiary/aromatic N) is 2. The molecule has 0 atom stereocenters. The number of hydrazone groups is 1. The zero-order chi connectivity index (χ0) is 25.3. The molecule has 36 heavy (non-hydrogen) atoms. The van der Waals surface area contributed by atoms with Gasteiger partial charge in [0.1, 0.15) is 18.4 Å². The number of anilines is 1. The molecule has 0 aliphatic carbocycles. The van der Waals surface area contributed by atoms with Crippen molar-refractivity contribution < 1.29 is 19.4 Å². The number of ether oxygens (including phenoxy) is 1. The summed E-state index contributed by atoms with van der Waals surface area (Å²) in [5.74, 6) is -0.985. The van der Waals surface area contributed by atoms with Crippen molar-refractivity contribution in [3.05, 3.63) is 107 Å². The lowest BCUT2D eigenvalue weighted by molar-refractivity contribution is -0.121. The molecule has 0 spiro atoms. The Hall–Kier alpha value is -5.00. The Balaban J connectivity index is 1.42. The van der Waals surface area contributed by atoms with Crippen LogP contribution in [0.5, 0.6) is 5.75 Å². The molecule has 0 aromatic heterocycles. The Morgan fingerprint density at radius 2 is 1.72 bits per heavy atom. The Kier molecular flexibility index (Phi) is 7.66. The molecule has 0 saturated heterocycles. The number of fused-ring (bicyclic) bond motifs is 1. The SMILES string of the molecule is N#Cc1cc(C(=O)N/N=C/c2ccc(NC(=O)COCc3ccccc3)c3ccccc23)ccc1O. The monoisotopic (exact) mass is 478 g/mol. The molecule has 178 valence electrons. The first kappa shape index (κ1) is 24.1. The molecule has 8 heteroatoms. The number of phenolic OH excluding ortho intramolecular Hbond substituents is 1. The molecule has 0 aliphatic heterocycles. The second kappa shape index (κ2) is 11.4. The molecule has 0 bridgehead atoms. The largest absolute Gasteiger partial charge is 0.507 e. The Morgan fingerprint density at radius 1 is 0.972 bits per heavy atom. The highest BCUT2D eigenvalue weighted by molar-refractivity contribution is 6.08. The van der Waals surface area contributed by atoms with Crippen LogP contribution in [0.3, 0.4) is 0 Å². The molecule has 0 saturated carbocycles. The summed E-state index contributed by atoms with van der Waals surface area (Å²) >= 11 is 0. The quantitative estimate of drug-likeness (QED) is 0.257. The van der Waals surface area contributed by atoms with Gasteiger partial charge in [-0.3, -0.25) is 9.59 Å². The topological polar surface area (TPSA) is 124 Å². The predicted octanol–water partition coefficient (Wildman–Crippen LogP) is 4.34. The van der Waals surface area contributed by atoms with E-state index in [0.29, 0.717) is 12.3 Å². The van der Waals surface area contributed by atoms with Crippen LogP contribution >= 0.6 is 0 Å². The Morgan fingerprint density at radius 3 is 2.50 bits per heavy atom. The minimum Gasteiger partial charge on any atom is -0.507 e. The van der Waals surface area contributed by atoms with E-state index >= 15 is 0 Å². The lowest BCUT2D eigenvalue weighted by Crippen LogP contribution is -2.18. The van der Waals surface area contributed by atoms with E-state index in [4.69, 9.17) is 10.00 Å². The number of aromatic hydroxyl groups is 1. The van der Waals surface area contributed by atoms with E-state index in [1.54, 1.807) is 12.1 Å². The van der Waals surface area contributed by atoms with E-state index in [0.717, 1.165) is 21.9 Å². The molecule has 0 heterocycles. The third-order valence-corrected chi connectivity index (χ3v) is 5.33. The van der Waals surface area contributed by atoms with Gasteiger partial charge in [0.05, 0.1) is 18.4 Å². The highest BCUT2D eigenvalue weighted by atomic mass is 16.5. The van der Waals surface area contributed by atoms with Crippen LogP contribution < -0.4 is 10.7 Å². The van der Waals surface area contributed by atoms with Crippen molar-refractivity contribution in [3.8, 4) is 11.8 Å². The molecule has 0 aliphatic rings. The molecule has 4 rings (SSSR count). The number of hydrogen-bond acceptors (Lipinski definition) is 6. The molecular weight excluding hydrogens is 456 g/mol. The van der Waals surface area contributed by atoms with Crippen LogP contribution in [0.2, 0.25) is 0 Å². The maximum atomic E-state index is 12.4. The smallest absolute Gasteiger partial charge is 0.271 e. The lowest BCUT2D eigenvalue weighted by Gasteiger charge is -2.11. The minimum absolute atomic E-state index is 0.000672. The first-order valence-electron chi connectivity index (χ1n) is 11.0. The lowest BCUT2D eigenvalue weighted by atomic mass is 10.0. The molecule has 0 unspecified atom stereocenters. The third-order valence-electron chi connectivity index (χ3n) is 5.33. The van der Waals surface area contributed by atoms with Crippen molar-refractivity contribution in [2.45, 2.75) is 6.61 Å². The van der Waals surface area contributed by atoms with Crippen molar-refractivity contribution in [1.29, 1.82) is 5.26 Å². The van der Waals surface area contributed by atoms with Crippen molar-refractivity contribution in [2.24, 2.45) is 5.10 Å². The molecule has 3 N–H and O–H groups in total. The van der Waals surface area contributed by atoms with E-state index in [1.807, 2.05) is 60.7 Å². The second-order valence-electron chi connectivity index (χ2n) is 7.82. The van der Waals surface area contributed by atoms with Crippen LogP contribution in [0.4, 0.5) is 5.69 Å². The van der Waals surface area contributed by atoms with E-state index in [9.17, 15) is 14.7 Å². The number of carbonyl (C=O) groups excluding carboxylic acids is 2. The van der Waals surface area contributed by atoms with Gasteiger partial charge in [-0.05, 0) is 35.2 Å². The van der Waals surface area contributed by atoms with Gasteiger partial charge >= 0.3 is 0 Å². The summed E-state index contributed by atoms with van der Waals surface area (Å²) < 4.78 is 5.52. The Bertz CT molecular complexity index is 1480. The standard InChI is InChI=1S/C28H22N4O4/c29-15-22-14-20(11-13-26(22)33)28(35)32-30-16-21-10-12-25(24-9-5-4-8-23(21)24)31-27(34)18-36-17-19-6-2-1-3-7-19/h1-14,16,33H,17-18H2,(H,31,34)(H,32,35)/b30-16+. The van der Waals surface area contributed by atoms with Crippen molar-refractivity contribution >= 4 is 34.5 Å². The molecule has 4 aromatic carbocycles. The highest BCUT2D eigenvalue weighted by Crippen LogP contribution is 2.26. The van der Waals surface area contributed by atoms with Gasteiger partial charge < -0.3 is 15.2 Å². The van der Waals surface area contributed by atoms with Gasteiger partial charge in [-0.15, -0.1) is 0 Å². The summed E-state index contributed by atoms with van der Waals surface area (Å²) in [5.41, 5.74) is 4.96. The normalized spacial score (nSPS) is 10.8. The number of amides is 2. The number of nitrogens with one attached hydrogen (secondary N) is 2. The van der Waals surface area contributed by atoms with Crippen LogP contribution in [0, 0.1) is 11.3 Å². The fourth-order valence-corrected chi connectivity index (χ4v) is 3.56. The first-order chi connectivity index (χ1) is 17.5. The zero-order valence-corrected chi connectivity index (χ0v) is 19.1. The summed E-state index contributed by atoms with van der Waals surface area (Å²) in [4.78, 5) is 24.8. The van der Waals surface area contributed by atoms with Crippen LogP contribution in [0.25, 0.3) is 10.8 Å². The van der Waals surface area contributed by atoms with Gasteiger partial charge in [0.15, 0.2) is 0 Å². The van der Waals surface area contributed by atoms with Gasteiger partial charge in [-0.1, -0.05) is 60.7 Å². The van der Waals surface area contributed by atoms with Gasteiger partial charge in [-0.2, -0.15) is 10.4 Å². The number of phenols is 1. The van der Waals surface area contributed by atoms with Gasteiger partial charge in [-0.25, -0.2) is 5.43 Å². The van der Waals surface area contributed by atoms with Crippen molar-refractivity contribution in [1.82, 2.24) is 5.43 Å². The van der Waals surface area contributed by atoms with Gasteiger partial charge in [0.25, 0.3) is 5.91 Å². The summed E-state index contributed by atoms with van der Waals surface area (Å²) in [7, 11) is 0. The van der Waals surface area contributed by atoms with E-state index < -0.39 is 5.91 Å². The predicted molar refractivity (Wildman–Crippen MR) is 137 cm³/mol. The molecule has 2 amide bonds. The average Bonchev–Trinajstić information content (AvgIpc) is 2.90. The number of hydrogen-bond donors (Lipinski definition) is 3. The number of nitriles is 1. The van der Waals surface area contributed by atoms with Crippen LogP contribution in [0.1, 0.15) is 27.0 Å². The Labute approximate surface area is 207 Å². The second-order valence-corrected chi connectivity index (χ2v) is 7.82. The van der Waals surface area contributed by atoms with Crippen molar-refractivity contribution in [3.63, 3.8) is 0 Å². The van der Waals surface area contributed by atoms with E-state index in [1.165, 1.54) is 24.4 Å². The maximum Gasteiger partial charge on any atom is 0.271 e. The fourth-order valence-electron chi connectivity index (χ4n) is 3.56. The molecule has 0 radical (unpaired) electrons. The van der Waals surface area contributed by atoms with Crippen LogP contribution in [-0.4, -0.2) is 29.7 Å². The highest BCUT2D eigenvalue weighted by Gasteiger charge is 2.10. The van der Waals surface area contributed by atoms with E-state index in [2.05, 4.69) is 15.8 Å². The fraction of sp³-hybridized carbons (Fsp3) is 0.0714. The third kappa shape index (κ3) is 5.91. The summed E-state index contributed by atoms with van der Waals surface area (Å²) in [6.07, 6.45) is 1.50. The summed E-state index contributed by atoms with van der Waals surface area (Å²) in [6, 6.07) is 26.5. The van der Waals surface area contributed by atoms with Crippen LogP contribution in [-0.2, 0) is 16.1 Å². The average molecular weight is 479 g/mol. The van der Waals surface area contributed by atoms with Gasteiger partial charge in [0, 0.05) is 22.2 Å². The van der Waals surface area contributed by atoms with Gasteiger partial charge in [0.2, 0.25) is 5.91 Å². The van der Waals surface area contributed by atoms with Crippen molar-refractivity contribution in [2.75, 3.05) is 11.9 Å². The summed E-state index contributed by atoms with van der Waals surface area (Å²) in [5, 5.41) is 27.2. The number of benzene rings is 4. The number of carbonyl (C=O) groups is 2. The summed E-state index contributed by atoms with van der Waals surface area (Å²) in [6.45, 7) is 0.265. The first-order valence-corrected chi connectivity index (χ1v) is 11.0. The molecule has 8 nitrogen and oxygen atoms in total.